The predicted molar refractivity (Wildman–Crippen MR) is 80.5 cm³/mol. The van der Waals surface area contributed by atoms with Gasteiger partial charge in [-0.2, -0.15) is 0 Å². The van der Waals surface area contributed by atoms with Crippen molar-refractivity contribution >= 4 is 5.78 Å². The largest absolute Gasteiger partial charge is 0.391 e. The first kappa shape index (κ1) is 16.1. The van der Waals surface area contributed by atoms with Crippen molar-refractivity contribution in [3.05, 3.63) is 35.4 Å². The van der Waals surface area contributed by atoms with Gasteiger partial charge >= 0.3 is 0 Å². The van der Waals surface area contributed by atoms with E-state index >= 15 is 0 Å². The highest BCUT2D eigenvalue weighted by Crippen LogP contribution is 2.27. The van der Waals surface area contributed by atoms with E-state index in [0.717, 1.165) is 30.4 Å². The first-order valence-electron chi connectivity index (χ1n) is 7.59. The van der Waals surface area contributed by atoms with Crippen LogP contribution in [0.4, 0.5) is 0 Å². The number of fused-ring (bicyclic) bond motifs is 1. The number of aryl methyl sites for hydroxylation is 1. The summed E-state index contributed by atoms with van der Waals surface area (Å²) in [6.07, 6.45) is 2.65. The van der Waals surface area contributed by atoms with Gasteiger partial charge in [-0.25, -0.2) is 0 Å². The second-order valence-electron chi connectivity index (χ2n) is 5.57. The van der Waals surface area contributed by atoms with Crippen LogP contribution in [0, 0.1) is 5.92 Å². The lowest BCUT2D eigenvalue weighted by molar-refractivity contribution is 0.00450. The number of aliphatic hydroxyl groups excluding tert-OH is 1. The molecule has 4 nitrogen and oxygen atoms in total. The van der Waals surface area contributed by atoms with Crippen LogP contribution in [0.25, 0.3) is 0 Å². The second kappa shape index (κ2) is 8.27. The molecule has 116 valence electrons. The van der Waals surface area contributed by atoms with E-state index in [1.165, 1.54) is 0 Å². The summed E-state index contributed by atoms with van der Waals surface area (Å²) >= 11 is 0. The van der Waals surface area contributed by atoms with Crippen LogP contribution in [0.1, 0.15) is 35.2 Å². The van der Waals surface area contributed by atoms with Crippen LogP contribution in [0.2, 0.25) is 0 Å². The Morgan fingerprint density at radius 3 is 2.95 bits per heavy atom. The molecule has 0 bridgehead atoms. The van der Waals surface area contributed by atoms with Gasteiger partial charge in [-0.1, -0.05) is 24.3 Å². The van der Waals surface area contributed by atoms with Gasteiger partial charge in [0.15, 0.2) is 5.78 Å². The minimum absolute atomic E-state index is 0.102. The van der Waals surface area contributed by atoms with Gasteiger partial charge in [-0.3, -0.25) is 4.79 Å². The Hall–Kier alpha value is -1.23. The van der Waals surface area contributed by atoms with E-state index in [1.54, 1.807) is 7.11 Å². The zero-order valence-corrected chi connectivity index (χ0v) is 12.6. The van der Waals surface area contributed by atoms with E-state index in [0.29, 0.717) is 19.6 Å². The van der Waals surface area contributed by atoms with Crippen LogP contribution >= 0.6 is 0 Å². The Kier molecular flexibility index (Phi) is 6.36. The summed E-state index contributed by atoms with van der Waals surface area (Å²) in [6, 6.07) is 7.81. The van der Waals surface area contributed by atoms with Crippen LogP contribution in [-0.2, 0) is 15.9 Å². The maximum atomic E-state index is 12.6. The third-order valence-corrected chi connectivity index (χ3v) is 3.95. The lowest BCUT2D eigenvalue weighted by atomic mass is 9.90. The quantitative estimate of drug-likeness (QED) is 0.618. The molecular formula is C17H24O4. The van der Waals surface area contributed by atoms with Crippen molar-refractivity contribution < 1.29 is 19.4 Å². The highest BCUT2D eigenvalue weighted by molar-refractivity contribution is 5.99. The molecule has 2 rings (SSSR count). The van der Waals surface area contributed by atoms with Crippen LogP contribution in [0.3, 0.4) is 0 Å². The molecule has 0 aromatic heterocycles. The van der Waals surface area contributed by atoms with Gasteiger partial charge in [0.1, 0.15) is 0 Å². The van der Waals surface area contributed by atoms with Crippen LogP contribution in [-0.4, -0.2) is 43.9 Å². The van der Waals surface area contributed by atoms with Gasteiger partial charge in [0.2, 0.25) is 0 Å². The number of hydrogen-bond acceptors (Lipinski definition) is 4. The smallest absolute Gasteiger partial charge is 0.166 e. The third kappa shape index (κ3) is 4.63. The van der Waals surface area contributed by atoms with E-state index in [2.05, 4.69) is 0 Å². The number of carbonyl (C=O) groups is 1. The molecule has 1 N–H and O–H groups in total. The maximum absolute atomic E-state index is 12.6. The molecule has 2 atom stereocenters. The summed E-state index contributed by atoms with van der Waals surface area (Å²) in [5.74, 6) is 0.0636. The molecule has 21 heavy (non-hydrogen) atoms. The van der Waals surface area contributed by atoms with E-state index in [1.807, 2.05) is 24.3 Å². The van der Waals surface area contributed by atoms with Crippen molar-refractivity contribution in [3.8, 4) is 0 Å². The summed E-state index contributed by atoms with van der Waals surface area (Å²) in [5, 5.41) is 10.0. The minimum atomic E-state index is -0.596. The van der Waals surface area contributed by atoms with E-state index in [9.17, 15) is 9.90 Å². The Bertz CT molecular complexity index is 458. The first-order valence-corrected chi connectivity index (χ1v) is 7.59. The van der Waals surface area contributed by atoms with Gasteiger partial charge in [0.25, 0.3) is 0 Å². The summed E-state index contributed by atoms with van der Waals surface area (Å²) in [6.45, 7) is 1.24. The van der Waals surface area contributed by atoms with Crippen molar-refractivity contribution in [1.29, 1.82) is 0 Å². The van der Waals surface area contributed by atoms with Gasteiger partial charge in [-0.15, -0.1) is 0 Å². The molecule has 0 radical (unpaired) electrons. The number of rotatable bonds is 7. The number of hydrogen-bond donors (Lipinski definition) is 1. The summed E-state index contributed by atoms with van der Waals surface area (Å²) in [4.78, 5) is 12.6. The molecule has 1 aliphatic rings. The second-order valence-corrected chi connectivity index (χ2v) is 5.57. The molecule has 4 heteroatoms. The summed E-state index contributed by atoms with van der Waals surface area (Å²) < 4.78 is 10.2. The summed E-state index contributed by atoms with van der Waals surface area (Å²) in [5.41, 5.74) is 1.96. The number of benzene rings is 1. The molecule has 0 saturated carbocycles. The van der Waals surface area contributed by atoms with E-state index in [4.69, 9.17) is 9.47 Å². The zero-order chi connectivity index (χ0) is 15.1. The molecule has 1 aliphatic carbocycles. The van der Waals surface area contributed by atoms with E-state index < -0.39 is 6.10 Å². The molecule has 0 amide bonds. The molecule has 0 spiro atoms. The van der Waals surface area contributed by atoms with Crippen molar-refractivity contribution in [2.24, 2.45) is 5.92 Å². The average molecular weight is 292 g/mol. The molecule has 0 saturated heterocycles. The van der Waals surface area contributed by atoms with Gasteiger partial charge in [0.05, 0.1) is 25.9 Å². The minimum Gasteiger partial charge on any atom is -0.391 e. The predicted octanol–water partition coefficient (Wildman–Crippen LogP) is 2.24. The van der Waals surface area contributed by atoms with Gasteiger partial charge in [-0.05, 0) is 31.2 Å². The molecular weight excluding hydrogens is 268 g/mol. The number of ether oxygens (including phenoxy) is 2. The number of carbonyl (C=O) groups excluding carboxylic acids is 1. The molecule has 2 unspecified atom stereocenters. The van der Waals surface area contributed by atoms with Crippen LogP contribution in [0.15, 0.2) is 24.3 Å². The van der Waals surface area contributed by atoms with Crippen molar-refractivity contribution in [2.75, 3.05) is 26.9 Å². The Balaban J connectivity index is 1.90. The number of Topliss-reactive ketones (excluding diaryl/α,β-unsaturated/α-hetero) is 1. The zero-order valence-electron chi connectivity index (χ0n) is 12.6. The van der Waals surface area contributed by atoms with Gasteiger partial charge < -0.3 is 14.6 Å². The van der Waals surface area contributed by atoms with Crippen molar-refractivity contribution in [3.63, 3.8) is 0 Å². The number of aliphatic hydroxyl groups is 1. The normalized spacial score (nSPS) is 19.9. The fraction of sp³-hybridized carbons (Fsp3) is 0.588. The lowest BCUT2D eigenvalue weighted by Crippen LogP contribution is -2.25. The van der Waals surface area contributed by atoms with Crippen molar-refractivity contribution in [1.82, 2.24) is 0 Å². The SMILES string of the molecule is COCCOCC(O)CC1CCCc2ccccc2C1=O. The Labute approximate surface area is 126 Å². The summed E-state index contributed by atoms with van der Waals surface area (Å²) in [7, 11) is 1.61. The average Bonchev–Trinajstić information content (AvgIpc) is 2.64. The number of ketones is 1. The fourth-order valence-corrected chi connectivity index (χ4v) is 2.85. The highest BCUT2D eigenvalue weighted by Gasteiger charge is 2.27. The molecule has 0 aliphatic heterocycles. The standard InChI is InChI=1S/C17H24O4/c1-20-9-10-21-12-15(18)11-14-7-4-6-13-5-2-3-8-16(13)17(14)19/h2-3,5,8,14-15,18H,4,6-7,9-12H2,1H3. The highest BCUT2D eigenvalue weighted by atomic mass is 16.5. The maximum Gasteiger partial charge on any atom is 0.166 e. The monoisotopic (exact) mass is 292 g/mol. The number of methoxy groups -OCH3 is 1. The van der Waals surface area contributed by atoms with E-state index in [-0.39, 0.29) is 18.3 Å². The van der Waals surface area contributed by atoms with Crippen LogP contribution < -0.4 is 0 Å². The molecule has 0 fully saturated rings. The molecule has 1 aromatic rings. The topological polar surface area (TPSA) is 55.8 Å². The molecule has 1 aromatic carbocycles. The van der Waals surface area contributed by atoms with Crippen molar-refractivity contribution in [2.45, 2.75) is 31.8 Å². The third-order valence-electron chi connectivity index (χ3n) is 3.95. The fourth-order valence-electron chi connectivity index (χ4n) is 2.85. The lowest BCUT2D eigenvalue weighted by Gasteiger charge is -2.18. The Morgan fingerprint density at radius 1 is 1.33 bits per heavy atom. The van der Waals surface area contributed by atoms with Gasteiger partial charge in [0, 0.05) is 18.6 Å². The molecule has 0 heterocycles. The van der Waals surface area contributed by atoms with Crippen LogP contribution in [0.5, 0.6) is 0 Å². The Morgan fingerprint density at radius 2 is 2.14 bits per heavy atom. The first-order chi connectivity index (χ1) is 10.2.